The van der Waals surface area contributed by atoms with Crippen LogP contribution in [0, 0.1) is 5.92 Å². The Labute approximate surface area is 175 Å². The highest BCUT2D eigenvalue weighted by Gasteiger charge is 2.33. The quantitative estimate of drug-likeness (QED) is 0.716. The molecule has 1 saturated heterocycles. The van der Waals surface area contributed by atoms with Gasteiger partial charge in [0.05, 0.1) is 16.1 Å². The van der Waals surface area contributed by atoms with Gasteiger partial charge in [-0.15, -0.1) is 0 Å². The molecule has 1 aliphatic heterocycles. The van der Waals surface area contributed by atoms with Crippen molar-refractivity contribution >= 4 is 32.4 Å². The fourth-order valence-corrected chi connectivity index (χ4v) is 6.18. The third kappa shape index (κ3) is 4.67. The van der Waals surface area contributed by atoms with Crippen molar-refractivity contribution in [2.24, 2.45) is 5.92 Å². The second-order valence-corrected chi connectivity index (χ2v) is 10.8. The molecular weight excluding hydrogens is 410 g/mol. The Hall–Kier alpha value is -1.84. The van der Waals surface area contributed by atoms with E-state index >= 15 is 0 Å². The molecule has 1 amide bonds. The molecular formula is C20H25N3O4S2. The van der Waals surface area contributed by atoms with Crippen molar-refractivity contribution in [2.45, 2.75) is 54.6 Å². The van der Waals surface area contributed by atoms with Gasteiger partial charge in [0.25, 0.3) is 0 Å². The average Bonchev–Trinajstić information content (AvgIpc) is 3.18. The third-order valence-corrected chi connectivity index (χ3v) is 8.78. The first-order valence-corrected chi connectivity index (χ1v) is 12.3. The number of hydrogen-bond donors (Lipinski definition) is 1. The summed E-state index contributed by atoms with van der Waals surface area (Å²) in [4.78, 5) is 17.4. The molecule has 1 atom stereocenters. The van der Waals surface area contributed by atoms with Crippen LogP contribution in [0.1, 0.15) is 50.0 Å². The minimum Gasteiger partial charge on any atom is -0.381 e. The largest absolute Gasteiger partial charge is 0.381 e. The number of amides is 1. The average molecular weight is 436 g/mol. The van der Waals surface area contributed by atoms with Crippen LogP contribution in [0.15, 0.2) is 35.5 Å². The van der Waals surface area contributed by atoms with Crippen LogP contribution >= 0.6 is 11.5 Å². The van der Waals surface area contributed by atoms with Crippen molar-refractivity contribution in [3.63, 3.8) is 0 Å². The monoisotopic (exact) mass is 435 g/mol. The Morgan fingerprint density at radius 1 is 1.17 bits per heavy atom. The molecule has 9 heteroatoms. The van der Waals surface area contributed by atoms with Gasteiger partial charge in [-0.25, -0.2) is 13.4 Å². The van der Waals surface area contributed by atoms with Crippen LogP contribution in [0.25, 0.3) is 0 Å². The number of rotatable bonds is 7. The summed E-state index contributed by atoms with van der Waals surface area (Å²) in [6.45, 7) is 1.43. The van der Waals surface area contributed by atoms with Crippen molar-refractivity contribution in [3.8, 4) is 0 Å². The van der Waals surface area contributed by atoms with Gasteiger partial charge in [0.1, 0.15) is 6.33 Å². The molecule has 4 rings (SSSR count). The van der Waals surface area contributed by atoms with Gasteiger partial charge in [0.15, 0.2) is 9.84 Å². The van der Waals surface area contributed by atoms with Crippen LogP contribution in [0.4, 0.5) is 5.13 Å². The number of ether oxygens (including phenoxy) is 1. The van der Waals surface area contributed by atoms with Crippen LogP contribution < -0.4 is 5.32 Å². The van der Waals surface area contributed by atoms with Crippen molar-refractivity contribution in [3.05, 3.63) is 36.2 Å². The number of anilines is 1. The summed E-state index contributed by atoms with van der Waals surface area (Å²) in [5.74, 6) is -0.113. The molecule has 1 aromatic carbocycles. The zero-order valence-corrected chi connectivity index (χ0v) is 17.8. The first-order chi connectivity index (χ1) is 14.0. The normalized spacial score (nSPS) is 19.4. The van der Waals surface area contributed by atoms with Crippen molar-refractivity contribution in [1.82, 2.24) is 9.36 Å². The highest BCUT2D eigenvalue weighted by atomic mass is 32.2. The lowest BCUT2D eigenvalue weighted by Gasteiger charge is -2.27. The highest BCUT2D eigenvalue weighted by molar-refractivity contribution is 7.92. The topological polar surface area (TPSA) is 98.2 Å². The number of nitrogens with zero attached hydrogens (tertiary/aromatic N) is 2. The molecule has 29 heavy (non-hydrogen) atoms. The van der Waals surface area contributed by atoms with Crippen molar-refractivity contribution in [2.75, 3.05) is 18.5 Å². The summed E-state index contributed by atoms with van der Waals surface area (Å²) in [7, 11) is -3.27. The lowest BCUT2D eigenvalue weighted by molar-refractivity contribution is -0.118. The van der Waals surface area contributed by atoms with E-state index in [0.29, 0.717) is 35.6 Å². The molecule has 0 unspecified atom stereocenters. The number of hydrogen-bond acceptors (Lipinski definition) is 7. The molecule has 1 aromatic heterocycles. The van der Waals surface area contributed by atoms with E-state index in [2.05, 4.69) is 14.7 Å². The molecule has 0 spiro atoms. The molecule has 1 aliphatic carbocycles. The fraction of sp³-hybridized carbons (Fsp3) is 0.550. The van der Waals surface area contributed by atoms with E-state index in [1.54, 1.807) is 24.3 Å². The number of nitrogens with one attached hydrogen (secondary N) is 1. The minimum atomic E-state index is -3.27. The fourth-order valence-electron chi connectivity index (χ4n) is 3.89. The van der Waals surface area contributed by atoms with E-state index in [9.17, 15) is 13.2 Å². The van der Waals surface area contributed by atoms with Gasteiger partial charge in [0.2, 0.25) is 11.0 Å². The zero-order valence-electron chi connectivity index (χ0n) is 16.1. The van der Waals surface area contributed by atoms with Gasteiger partial charge < -0.3 is 10.1 Å². The van der Waals surface area contributed by atoms with Gasteiger partial charge in [-0.1, -0.05) is 18.6 Å². The predicted octanol–water partition coefficient (Wildman–Crippen LogP) is 3.40. The standard InChI is InChI=1S/C20H25N3O4S2/c24-19(23-20-21-13-22-28-20)18(12-14-8-10-27-11-9-14)15-4-6-17(7-5-15)29(25,26)16-2-1-3-16/h4-7,13-14,16,18H,1-3,8-12H2,(H,21,22,23,24)/t18-/m1/s1. The maximum absolute atomic E-state index is 13.0. The summed E-state index contributed by atoms with van der Waals surface area (Å²) < 4.78 is 34.7. The van der Waals surface area contributed by atoms with Gasteiger partial charge in [-0.2, -0.15) is 4.37 Å². The van der Waals surface area contributed by atoms with Crippen molar-refractivity contribution in [1.29, 1.82) is 0 Å². The van der Waals surface area contributed by atoms with Gasteiger partial charge in [-0.05, 0) is 55.7 Å². The van der Waals surface area contributed by atoms with Crippen LogP contribution in [-0.4, -0.2) is 42.1 Å². The van der Waals surface area contributed by atoms with Crippen LogP contribution in [0.5, 0.6) is 0 Å². The molecule has 1 N–H and O–H groups in total. The van der Waals surface area contributed by atoms with Gasteiger partial charge in [-0.3, -0.25) is 4.79 Å². The lowest BCUT2D eigenvalue weighted by atomic mass is 9.84. The Balaban J connectivity index is 1.55. The van der Waals surface area contributed by atoms with Gasteiger partial charge in [0, 0.05) is 24.7 Å². The molecule has 2 aromatic rings. The summed E-state index contributed by atoms with van der Waals surface area (Å²) >= 11 is 1.14. The first kappa shape index (κ1) is 20.4. The van der Waals surface area contributed by atoms with Crippen LogP contribution in [0.2, 0.25) is 0 Å². The maximum Gasteiger partial charge on any atom is 0.233 e. The molecule has 2 aliphatic rings. The molecule has 0 bridgehead atoms. The second-order valence-electron chi connectivity index (χ2n) is 7.75. The Morgan fingerprint density at radius 2 is 1.90 bits per heavy atom. The molecule has 2 heterocycles. The summed E-state index contributed by atoms with van der Waals surface area (Å²) in [5.41, 5.74) is 0.825. The molecule has 156 valence electrons. The van der Waals surface area contributed by atoms with Crippen LogP contribution in [-0.2, 0) is 19.4 Å². The Bertz CT molecular complexity index is 919. The van der Waals surface area contributed by atoms with E-state index in [1.165, 1.54) is 6.33 Å². The molecule has 1 saturated carbocycles. The predicted molar refractivity (Wildman–Crippen MR) is 111 cm³/mol. The highest BCUT2D eigenvalue weighted by Crippen LogP contribution is 2.34. The summed E-state index contributed by atoms with van der Waals surface area (Å²) in [5, 5.41) is 3.06. The van der Waals surface area contributed by atoms with E-state index in [4.69, 9.17) is 4.74 Å². The Kier molecular flexibility index (Phi) is 6.26. The van der Waals surface area contributed by atoms with Crippen molar-refractivity contribution < 1.29 is 17.9 Å². The lowest BCUT2D eigenvalue weighted by Crippen LogP contribution is -2.28. The van der Waals surface area contributed by atoms with E-state index in [1.807, 2.05) is 0 Å². The SMILES string of the molecule is O=C(Nc1ncns1)[C@H](CC1CCOCC1)c1ccc(S(=O)(=O)C2CCC2)cc1. The van der Waals surface area contributed by atoms with Gasteiger partial charge >= 0.3 is 0 Å². The second kappa shape index (κ2) is 8.89. The first-order valence-electron chi connectivity index (χ1n) is 10.0. The van der Waals surface area contributed by atoms with Crippen LogP contribution in [0.3, 0.4) is 0 Å². The molecule has 7 nitrogen and oxygen atoms in total. The molecule has 0 radical (unpaired) electrons. The maximum atomic E-state index is 13.0. The number of benzene rings is 1. The van der Waals surface area contributed by atoms with E-state index < -0.39 is 9.84 Å². The number of aromatic nitrogens is 2. The third-order valence-electron chi connectivity index (χ3n) is 5.92. The smallest absolute Gasteiger partial charge is 0.233 e. The minimum absolute atomic E-state index is 0.136. The zero-order chi connectivity index (χ0) is 20.3. The number of carbonyl (C=O) groups is 1. The number of sulfone groups is 1. The number of carbonyl (C=O) groups excluding carboxylic acids is 1. The summed E-state index contributed by atoms with van der Waals surface area (Å²) in [6, 6.07) is 6.88. The van der Waals surface area contributed by atoms with E-state index in [0.717, 1.165) is 49.2 Å². The van der Waals surface area contributed by atoms with E-state index in [-0.39, 0.29) is 17.1 Å². The summed E-state index contributed by atoms with van der Waals surface area (Å²) in [6.07, 6.45) is 6.41. The molecule has 2 fully saturated rings. The Morgan fingerprint density at radius 3 is 2.48 bits per heavy atom.